The molecule has 0 amide bonds. The minimum absolute atomic E-state index is 0.306. The summed E-state index contributed by atoms with van der Waals surface area (Å²) in [6.07, 6.45) is -2.74. The fourth-order valence-electron chi connectivity index (χ4n) is 2.37. The Labute approximate surface area is 117 Å². The summed E-state index contributed by atoms with van der Waals surface area (Å²) in [5, 5.41) is 0. The summed E-state index contributed by atoms with van der Waals surface area (Å²) in [6.45, 7) is 2.06. The molecule has 20 heavy (non-hydrogen) atoms. The number of alkyl halides is 3. The fraction of sp³-hybridized carbons (Fsp3) is 0.294. The molecule has 106 valence electrons. The molecule has 0 saturated carbocycles. The lowest BCUT2D eigenvalue weighted by atomic mass is 9.93. The fourth-order valence-corrected chi connectivity index (χ4v) is 2.37. The van der Waals surface area contributed by atoms with Crippen molar-refractivity contribution in [3.05, 3.63) is 71.3 Å². The van der Waals surface area contributed by atoms with Crippen LogP contribution in [0.25, 0.3) is 0 Å². The summed E-state index contributed by atoms with van der Waals surface area (Å²) in [7, 11) is 0. The maximum atomic E-state index is 12.7. The monoisotopic (exact) mass is 278 g/mol. The van der Waals surface area contributed by atoms with Crippen LogP contribution in [-0.2, 0) is 19.0 Å². The molecule has 0 aliphatic carbocycles. The van der Waals surface area contributed by atoms with Crippen LogP contribution in [0.3, 0.4) is 0 Å². The molecule has 0 nitrogen and oxygen atoms in total. The summed E-state index contributed by atoms with van der Waals surface area (Å²) in [6, 6.07) is 15.6. The molecule has 0 saturated heterocycles. The maximum absolute atomic E-state index is 12.7. The zero-order chi connectivity index (χ0) is 14.6. The topological polar surface area (TPSA) is 0 Å². The lowest BCUT2D eigenvalue weighted by Crippen LogP contribution is -2.08. The van der Waals surface area contributed by atoms with Crippen LogP contribution in [0.2, 0.25) is 0 Å². The Bertz CT molecular complexity index is 544. The third-order valence-electron chi connectivity index (χ3n) is 3.27. The second-order valence-corrected chi connectivity index (χ2v) is 5.20. The van der Waals surface area contributed by atoms with Crippen molar-refractivity contribution in [3.8, 4) is 0 Å². The van der Waals surface area contributed by atoms with Crippen molar-refractivity contribution in [3.63, 3.8) is 0 Å². The van der Waals surface area contributed by atoms with E-state index >= 15 is 0 Å². The first-order valence-corrected chi connectivity index (χ1v) is 6.65. The Hall–Kier alpha value is -1.77. The molecule has 0 aliphatic heterocycles. The Kier molecular flexibility index (Phi) is 4.48. The molecule has 2 rings (SSSR count). The Morgan fingerprint density at radius 3 is 2.10 bits per heavy atom. The smallest absolute Gasteiger partial charge is 0.166 e. The van der Waals surface area contributed by atoms with Gasteiger partial charge in [0, 0.05) is 0 Å². The normalized spacial score (nSPS) is 13.2. The first kappa shape index (κ1) is 14.6. The van der Waals surface area contributed by atoms with E-state index in [0.717, 1.165) is 18.1 Å². The molecular weight excluding hydrogens is 261 g/mol. The summed E-state index contributed by atoms with van der Waals surface area (Å²) < 4.78 is 38.0. The molecule has 0 aliphatic rings. The Morgan fingerprint density at radius 1 is 0.850 bits per heavy atom. The van der Waals surface area contributed by atoms with E-state index in [2.05, 4.69) is 6.92 Å². The van der Waals surface area contributed by atoms with Gasteiger partial charge in [0.15, 0.2) is 0 Å². The minimum atomic E-state index is -4.27. The molecule has 1 atom stereocenters. The van der Waals surface area contributed by atoms with Gasteiger partial charge in [-0.25, -0.2) is 0 Å². The van der Waals surface area contributed by atoms with Crippen LogP contribution in [0, 0.1) is 5.92 Å². The predicted octanol–water partition coefficient (Wildman–Crippen LogP) is 5.13. The largest absolute Gasteiger partial charge is 0.416 e. The van der Waals surface area contributed by atoms with E-state index < -0.39 is 11.7 Å². The molecule has 0 spiro atoms. The molecule has 0 aromatic heterocycles. The Balaban J connectivity index is 2.03. The first-order valence-electron chi connectivity index (χ1n) is 6.65. The van der Waals surface area contributed by atoms with Crippen molar-refractivity contribution in [1.82, 2.24) is 0 Å². The number of hydrogen-bond acceptors (Lipinski definition) is 0. The molecule has 0 N–H and O–H groups in total. The van der Waals surface area contributed by atoms with E-state index in [1.807, 2.05) is 30.3 Å². The van der Waals surface area contributed by atoms with Gasteiger partial charge in [-0.1, -0.05) is 55.5 Å². The van der Waals surface area contributed by atoms with Crippen molar-refractivity contribution in [1.29, 1.82) is 0 Å². The van der Waals surface area contributed by atoms with E-state index in [4.69, 9.17) is 0 Å². The van der Waals surface area contributed by atoms with Crippen molar-refractivity contribution in [2.45, 2.75) is 25.9 Å². The van der Waals surface area contributed by atoms with Gasteiger partial charge in [-0.15, -0.1) is 0 Å². The molecule has 0 bridgehead atoms. The minimum Gasteiger partial charge on any atom is -0.166 e. The average Bonchev–Trinajstić information content (AvgIpc) is 2.39. The van der Waals surface area contributed by atoms with Gasteiger partial charge in [0.1, 0.15) is 0 Å². The van der Waals surface area contributed by atoms with E-state index in [0.29, 0.717) is 12.3 Å². The highest BCUT2D eigenvalue weighted by Crippen LogP contribution is 2.30. The zero-order valence-electron chi connectivity index (χ0n) is 11.3. The summed E-state index contributed by atoms with van der Waals surface area (Å²) in [4.78, 5) is 0. The molecule has 3 heteroatoms. The third kappa shape index (κ3) is 4.12. The van der Waals surface area contributed by atoms with Crippen molar-refractivity contribution < 1.29 is 13.2 Å². The first-order chi connectivity index (χ1) is 9.45. The van der Waals surface area contributed by atoms with Crippen LogP contribution in [0.4, 0.5) is 13.2 Å². The van der Waals surface area contributed by atoms with Crippen LogP contribution in [0.5, 0.6) is 0 Å². The second kappa shape index (κ2) is 6.12. The van der Waals surface area contributed by atoms with E-state index in [1.54, 1.807) is 6.07 Å². The zero-order valence-corrected chi connectivity index (χ0v) is 11.3. The third-order valence-corrected chi connectivity index (χ3v) is 3.27. The molecule has 2 aromatic carbocycles. The lowest BCUT2D eigenvalue weighted by molar-refractivity contribution is -0.137. The van der Waals surface area contributed by atoms with Gasteiger partial charge in [0.05, 0.1) is 5.56 Å². The van der Waals surface area contributed by atoms with Gasteiger partial charge in [0.2, 0.25) is 0 Å². The molecule has 1 unspecified atom stereocenters. The number of benzene rings is 2. The van der Waals surface area contributed by atoms with E-state index in [1.165, 1.54) is 17.7 Å². The SMILES string of the molecule is CC(Cc1ccccc1)Cc1cccc(C(F)(F)F)c1. The quantitative estimate of drug-likeness (QED) is 0.727. The molecule has 0 heterocycles. The van der Waals surface area contributed by atoms with Gasteiger partial charge in [0.25, 0.3) is 0 Å². The number of halogens is 3. The van der Waals surface area contributed by atoms with Gasteiger partial charge >= 0.3 is 6.18 Å². The van der Waals surface area contributed by atoms with Crippen LogP contribution < -0.4 is 0 Å². The molecular formula is C17H17F3. The van der Waals surface area contributed by atoms with Crippen molar-refractivity contribution >= 4 is 0 Å². The van der Waals surface area contributed by atoms with Gasteiger partial charge in [-0.05, 0) is 36.0 Å². The molecule has 2 aromatic rings. The standard InChI is InChI=1S/C17H17F3/c1-13(10-14-6-3-2-4-7-14)11-15-8-5-9-16(12-15)17(18,19)20/h2-9,12-13H,10-11H2,1H3. The van der Waals surface area contributed by atoms with Crippen molar-refractivity contribution in [2.75, 3.05) is 0 Å². The highest BCUT2D eigenvalue weighted by molar-refractivity contribution is 5.26. The van der Waals surface area contributed by atoms with Crippen LogP contribution in [0.1, 0.15) is 23.6 Å². The van der Waals surface area contributed by atoms with E-state index in [9.17, 15) is 13.2 Å². The predicted molar refractivity (Wildman–Crippen MR) is 74.5 cm³/mol. The van der Waals surface area contributed by atoms with Gasteiger partial charge in [-0.2, -0.15) is 13.2 Å². The summed E-state index contributed by atoms with van der Waals surface area (Å²) in [5.74, 6) is 0.306. The second-order valence-electron chi connectivity index (χ2n) is 5.20. The maximum Gasteiger partial charge on any atom is 0.416 e. The number of hydrogen-bond donors (Lipinski definition) is 0. The Morgan fingerprint density at radius 2 is 1.45 bits per heavy atom. The molecule has 0 fully saturated rings. The number of rotatable bonds is 4. The van der Waals surface area contributed by atoms with Gasteiger partial charge < -0.3 is 0 Å². The van der Waals surface area contributed by atoms with Crippen molar-refractivity contribution in [2.24, 2.45) is 5.92 Å². The van der Waals surface area contributed by atoms with E-state index in [-0.39, 0.29) is 0 Å². The summed E-state index contributed by atoms with van der Waals surface area (Å²) in [5.41, 5.74) is 1.39. The molecule has 0 radical (unpaired) electrons. The summed E-state index contributed by atoms with van der Waals surface area (Å²) >= 11 is 0. The lowest BCUT2D eigenvalue weighted by Gasteiger charge is -2.13. The van der Waals surface area contributed by atoms with Crippen LogP contribution >= 0.6 is 0 Å². The highest BCUT2D eigenvalue weighted by atomic mass is 19.4. The van der Waals surface area contributed by atoms with Gasteiger partial charge in [-0.3, -0.25) is 0 Å². The van der Waals surface area contributed by atoms with Crippen LogP contribution in [-0.4, -0.2) is 0 Å². The van der Waals surface area contributed by atoms with Crippen LogP contribution in [0.15, 0.2) is 54.6 Å². The highest BCUT2D eigenvalue weighted by Gasteiger charge is 2.30. The average molecular weight is 278 g/mol.